The lowest BCUT2D eigenvalue weighted by Crippen LogP contribution is -2.38. The van der Waals surface area contributed by atoms with Crippen molar-refractivity contribution in [3.63, 3.8) is 0 Å². The second-order valence-corrected chi connectivity index (χ2v) is 30.2. The van der Waals surface area contributed by atoms with Crippen LogP contribution in [0.1, 0.15) is 45.4 Å². The van der Waals surface area contributed by atoms with Gasteiger partial charge in [0.05, 0.1) is 40.7 Å². The monoisotopic (exact) mass is 1310 g/mol. The summed E-state index contributed by atoms with van der Waals surface area (Å²) in [6.45, 7) is 1.44. The van der Waals surface area contributed by atoms with Crippen molar-refractivity contribution in [1.29, 1.82) is 0 Å². The topological polar surface area (TPSA) is 215 Å². The normalized spacial score (nSPS) is 12.8. The molecule has 0 saturated heterocycles. The third-order valence-corrected chi connectivity index (χ3v) is 25.1. The lowest BCUT2D eigenvalue weighted by atomic mass is 10.1. The van der Waals surface area contributed by atoms with E-state index < -0.39 is 107 Å². The van der Waals surface area contributed by atoms with E-state index >= 15 is 0 Å². The molecule has 0 spiro atoms. The SMILES string of the molecule is CCCCCCCCN(S(=O)(=O)c1ccc(N(S(=O)(=O)c2ccc(Br)cc2)S(=O)(=O)c2ccc(Br)cc2)cc1)S(=O)(=O)c1ccc(N(S(=O)(=O)c2ccc(Br)cc2)S(=O)(=O)c2ccc(Br)cc2)cc1. The van der Waals surface area contributed by atoms with Crippen molar-refractivity contribution in [2.24, 2.45) is 0 Å². The summed E-state index contributed by atoms with van der Waals surface area (Å²) in [4.78, 5) is -2.94. The maximum atomic E-state index is 14.6. The van der Waals surface area contributed by atoms with Gasteiger partial charge in [0.1, 0.15) is 0 Å². The predicted molar refractivity (Wildman–Crippen MR) is 278 cm³/mol. The zero-order valence-electron chi connectivity index (χ0n) is 36.0. The molecule has 0 amide bonds. The number of hydrogen-bond acceptors (Lipinski definition) is 12. The van der Waals surface area contributed by atoms with Gasteiger partial charge in [-0.3, -0.25) is 0 Å². The largest absolute Gasteiger partial charge is 0.277 e. The Balaban J connectivity index is 1.43. The molecule has 15 nitrogen and oxygen atoms in total. The fourth-order valence-corrected chi connectivity index (χ4v) is 18.9. The molecule has 0 atom stereocenters. The number of anilines is 2. The van der Waals surface area contributed by atoms with Crippen LogP contribution in [0.15, 0.2) is 193 Å². The average Bonchev–Trinajstić information content (AvgIpc) is 3.29. The Morgan fingerprint density at radius 1 is 0.304 bits per heavy atom. The molecule has 368 valence electrons. The van der Waals surface area contributed by atoms with Crippen LogP contribution in [0.3, 0.4) is 0 Å². The van der Waals surface area contributed by atoms with Crippen LogP contribution < -0.4 is 7.42 Å². The maximum Gasteiger partial charge on any atom is 0.277 e. The van der Waals surface area contributed by atoms with Gasteiger partial charge in [-0.25, -0.2) is 50.5 Å². The Morgan fingerprint density at radius 3 is 0.783 bits per heavy atom. The van der Waals surface area contributed by atoms with Crippen molar-refractivity contribution < 1.29 is 50.5 Å². The third-order valence-electron chi connectivity index (χ3n) is 10.2. The highest BCUT2D eigenvalue weighted by Crippen LogP contribution is 2.36. The van der Waals surface area contributed by atoms with E-state index in [1.165, 1.54) is 97.1 Å². The predicted octanol–water partition coefficient (Wildman–Crippen LogP) is 10.6. The average molecular weight is 1320 g/mol. The number of halogens is 4. The van der Waals surface area contributed by atoms with Crippen LogP contribution in [0.5, 0.6) is 0 Å². The molecular formula is C44H41Br4N3O12S6. The molecule has 0 aliphatic carbocycles. The molecule has 0 N–H and O–H groups in total. The minimum Gasteiger partial charge on any atom is -0.206 e. The van der Waals surface area contributed by atoms with Gasteiger partial charge in [0, 0.05) is 24.4 Å². The van der Waals surface area contributed by atoms with Crippen LogP contribution in [0, 0.1) is 0 Å². The minimum absolute atomic E-state index is 0.0770. The summed E-state index contributed by atoms with van der Waals surface area (Å²) in [6, 6.07) is 27.9. The molecule has 0 radical (unpaired) electrons. The van der Waals surface area contributed by atoms with Crippen molar-refractivity contribution in [2.45, 2.75) is 74.8 Å². The van der Waals surface area contributed by atoms with Gasteiger partial charge in [0.15, 0.2) is 0 Å². The quantitative estimate of drug-likeness (QED) is 0.0616. The molecule has 0 aliphatic rings. The second kappa shape index (κ2) is 22.1. The van der Waals surface area contributed by atoms with Gasteiger partial charge in [0.25, 0.3) is 60.1 Å². The number of unbranched alkanes of at least 4 members (excludes halogenated alkanes) is 5. The van der Waals surface area contributed by atoms with E-state index in [9.17, 15) is 50.5 Å². The van der Waals surface area contributed by atoms with E-state index in [-0.39, 0.29) is 17.6 Å². The van der Waals surface area contributed by atoms with Crippen LogP contribution in [-0.4, -0.2) is 60.8 Å². The Bertz CT molecular complexity index is 3100. The molecule has 0 heterocycles. The Hall–Kier alpha value is -3.50. The lowest BCUT2D eigenvalue weighted by molar-refractivity contribution is 0.479. The molecule has 0 aromatic heterocycles. The third kappa shape index (κ3) is 12.1. The summed E-state index contributed by atoms with van der Waals surface area (Å²) in [5.74, 6) is 0. The molecule has 6 aromatic rings. The molecular weight excluding hydrogens is 1270 g/mol. The van der Waals surface area contributed by atoms with Gasteiger partial charge in [-0.15, -0.1) is 0 Å². The molecule has 0 fully saturated rings. The van der Waals surface area contributed by atoms with Crippen LogP contribution in [0.4, 0.5) is 11.4 Å². The summed E-state index contributed by atoms with van der Waals surface area (Å²) >= 11 is 12.9. The molecule has 0 bridgehead atoms. The number of nitrogens with zero attached hydrogens (tertiary/aromatic N) is 3. The second-order valence-electron chi connectivity index (χ2n) is 15.0. The molecule has 6 aromatic carbocycles. The van der Waals surface area contributed by atoms with E-state index in [0.29, 0.717) is 30.7 Å². The first-order valence-electron chi connectivity index (χ1n) is 20.5. The van der Waals surface area contributed by atoms with E-state index in [2.05, 4.69) is 63.7 Å². The van der Waals surface area contributed by atoms with E-state index in [4.69, 9.17) is 0 Å². The van der Waals surface area contributed by atoms with Crippen molar-refractivity contribution >= 4 is 135 Å². The van der Waals surface area contributed by atoms with Gasteiger partial charge >= 0.3 is 0 Å². The number of sulfonamides is 6. The molecule has 25 heteroatoms. The van der Waals surface area contributed by atoms with Crippen LogP contribution in [0.25, 0.3) is 0 Å². The fraction of sp³-hybridized carbons (Fsp3) is 0.182. The van der Waals surface area contributed by atoms with Crippen molar-refractivity contribution in [2.75, 3.05) is 14.0 Å². The van der Waals surface area contributed by atoms with E-state index in [0.717, 1.165) is 67.8 Å². The van der Waals surface area contributed by atoms with E-state index in [1.54, 1.807) is 0 Å². The van der Waals surface area contributed by atoms with Gasteiger partial charge in [-0.2, -0.15) is 7.42 Å². The van der Waals surface area contributed by atoms with Gasteiger partial charge in [0.2, 0.25) is 0 Å². The van der Waals surface area contributed by atoms with Crippen molar-refractivity contribution in [3.05, 3.63) is 163 Å². The minimum atomic E-state index is -5.08. The first kappa shape index (κ1) is 54.8. The summed E-state index contributed by atoms with van der Waals surface area (Å²) in [6.07, 6.45) is 3.80. The Labute approximate surface area is 437 Å². The fourth-order valence-electron chi connectivity index (χ4n) is 6.73. The van der Waals surface area contributed by atoms with Gasteiger partial charge < -0.3 is 0 Å². The van der Waals surface area contributed by atoms with Crippen molar-refractivity contribution in [3.8, 4) is 0 Å². The maximum absolute atomic E-state index is 14.6. The highest BCUT2D eigenvalue weighted by molar-refractivity contribution is 9.11. The van der Waals surface area contributed by atoms with Gasteiger partial charge in [-0.05, 0) is 152 Å². The summed E-state index contributed by atoms with van der Waals surface area (Å²) in [5.41, 5.74) is -0.997. The molecule has 0 aliphatic heterocycles. The highest BCUT2D eigenvalue weighted by atomic mass is 79.9. The number of benzene rings is 6. The zero-order valence-corrected chi connectivity index (χ0v) is 47.3. The molecule has 0 saturated carbocycles. The molecule has 6 rings (SSSR count). The first-order chi connectivity index (χ1) is 32.4. The number of rotatable bonds is 21. The van der Waals surface area contributed by atoms with Crippen LogP contribution in [-0.2, 0) is 60.1 Å². The Morgan fingerprint density at radius 2 is 0.522 bits per heavy atom. The first-order valence-corrected chi connectivity index (χ1v) is 32.3. The van der Waals surface area contributed by atoms with Crippen LogP contribution >= 0.6 is 63.7 Å². The zero-order chi connectivity index (χ0) is 50.6. The highest BCUT2D eigenvalue weighted by Gasteiger charge is 2.41. The van der Waals surface area contributed by atoms with E-state index in [1.807, 2.05) is 6.92 Å². The Kier molecular flexibility index (Phi) is 17.6. The van der Waals surface area contributed by atoms with Crippen molar-refractivity contribution in [1.82, 2.24) is 3.71 Å². The molecule has 69 heavy (non-hydrogen) atoms. The lowest BCUT2D eigenvalue weighted by Gasteiger charge is -2.26. The number of hydrogen-bond donors (Lipinski definition) is 0. The molecule has 0 unspecified atom stereocenters. The standard InChI is InChI=1S/C44H41Br4N3O12S6/c1-2-3-4-5-6-7-32-49(64(52,53)39-28-16-37(17-29-39)50(66(56,57)41-20-8-33(45)9-21-41)67(58,59)42-22-10-34(46)11-23-42)65(54,55)40-30-18-38(19-31-40)51(68(60,61)43-24-12-35(47)13-25-43)69(62,63)44-26-14-36(48)15-27-44/h8-31H,2-7,32H2,1H3. The van der Waals surface area contributed by atoms with Crippen LogP contribution in [0.2, 0.25) is 0 Å². The summed E-state index contributed by atoms with van der Waals surface area (Å²) in [7, 11) is -29.8. The summed E-state index contributed by atoms with van der Waals surface area (Å²) < 4.78 is 175. The smallest absolute Gasteiger partial charge is 0.206 e. The van der Waals surface area contributed by atoms with Gasteiger partial charge in [-0.1, -0.05) is 106 Å². The summed E-state index contributed by atoms with van der Waals surface area (Å²) in [5, 5.41) is 0.